The van der Waals surface area contributed by atoms with Crippen molar-refractivity contribution in [1.82, 2.24) is 15.0 Å². The Labute approximate surface area is 150 Å². The number of benzene rings is 1. The van der Waals surface area contributed by atoms with E-state index < -0.39 is 6.10 Å². The van der Waals surface area contributed by atoms with Crippen LogP contribution in [0.15, 0.2) is 28.8 Å². The van der Waals surface area contributed by atoms with Gasteiger partial charge in [0.15, 0.2) is 0 Å². The molecule has 2 fully saturated rings. The molecule has 0 amide bonds. The standard InChI is InChI=1S/C17H21N4O5/c22-14-9-15(20(10-14)12-4-6-25-7-5-12)17-18-16(19-26-17)11-2-1-3-13(8-11)21(23)24/h1-3,8,12,14-15,22-23H,4-7,9-10H2/q-1/t14-,15+/m1/s1. The van der Waals surface area contributed by atoms with Crippen molar-refractivity contribution in [2.75, 3.05) is 25.0 Å². The molecule has 2 atom stereocenters. The maximum absolute atomic E-state index is 11.1. The van der Waals surface area contributed by atoms with Gasteiger partial charge in [0.25, 0.3) is 0 Å². The van der Waals surface area contributed by atoms with E-state index in [0.717, 1.165) is 26.1 Å². The van der Waals surface area contributed by atoms with Crippen molar-refractivity contribution in [3.63, 3.8) is 0 Å². The Bertz CT molecular complexity index is 746. The number of anilines is 1. The van der Waals surface area contributed by atoms with Gasteiger partial charge in [0.05, 0.1) is 17.8 Å². The van der Waals surface area contributed by atoms with Gasteiger partial charge in [-0.2, -0.15) is 4.98 Å². The van der Waals surface area contributed by atoms with E-state index in [4.69, 9.17) is 14.5 Å². The molecule has 9 nitrogen and oxygen atoms in total. The molecule has 0 bridgehead atoms. The lowest BCUT2D eigenvalue weighted by Crippen LogP contribution is -2.39. The zero-order valence-electron chi connectivity index (χ0n) is 14.2. The summed E-state index contributed by atoms with van der Waals surface area (Å²) in [6.07, 6.45) is 1.96. The number of aliphatic hydroxyl groups is 1. The number of hydrogen-bond acceptors (Lipinski definition) is 9. The van der Waals surface area contributed by atoms with Crippen LogP contribution in [-0.4, -0.2) is 57.3 Å². The Morgan fingerprint density at radius 1 is 1.27 bits per heavy atom. The third-order valence-electron chi connectivity index (χ3n) is 5.03. The molecule has 0 spiro atoms. The van der Waals surface area contributed by atoms with E-state index in [2.05, 4.69) is 15.0 Å². The van der Waals surface area contributed by atoms with Crippen molar-refractivity contribution >= 4 is 5.69 Å². The summed E-state index contributed by atoms with van der Waals surface area (Å²) in [5.74, 6) is 0.799. The molecule has 0 saturated carbocycles. The quantitative estimate of drug-likeness (QED) is 0.785. The lowest BCUT2D eigenvalue weighted by molar-refractivity contribution is 0.0215. The van der Waals surface area contributed by atoms with Gasteiger partial charge in [0, 0.05) is 31.4 Å². The molecule has 9 heteroatoms. The number of ether oxygens (including phenoxy) is 1. The van der Waals surface area contributed by atoms with Gasteiger partial charge in [-0.1, -0.05) is 17.3 Å². The number of likely N-dealkylation sites (tertiary alicyclic amines) is 1. The Hall–Kier alpha value is -2.04. The normalized spacial score (nSPS) is 24.9. The zero-order valence-corrected chi connectivity index (χ0v) is 14.2. The van der Waals surface area contributed by atoms with Crippen LogP contribution in [0.4, 0.5) is 5.69 Å². The molecule has 0 aliphatic carbocycles. The molecule has 1 aromatic carbocycles. The first-order chi connectivity index (χ1) is 12.6. The van der Waals surface area contributed by atoms with Gasteiger partial charge >= 0.3 is 0 Å². The summed E-state index contributed by atoms with van der Waals surface area (Å²) in [7, 11) is 0. The van der Waals surface area contributed by atoms with Crippen LogP contribution in [-0.2, 0) is 4.74 Å². The molecule has 0 unspecified atom stereocenters. The molecular formula is C17H21N4O5-. The molecule has 1 aromatic heterocycles. The monoisotopic (exact) mass is 361 g/mol. The van der Waals surface area contributed by atoms with E-state index in [0.29, 0.717) is 36.3 Å². The first kappa shape index (κ1) is 17.4. The highest BCUT2D eigenvalue weighted by atomic mass is 16.8. The van der Waals surface area contributed by atoms with Gasteiger partial charge in [-0.15, -0.1) is 0 Å². The average Bonchev–Trinajstić information content (AvgIpc) is 3.29. The van der Waals surface area contributed by atoms with Gasteiger partial charge in [0.2, 0.25) is 11.7 Å². The Kier molecular flexibility index (Phi) is 4.88. The SMILES string of the molecule is [O-]N(O)c1cccc(-c2noc([C@@H]3C[C@@H](O)CN3C3CCOCC3)n2)c1. The lowest BCUT2D eigenvalue weighted by atomic mass is 10.1. The second kappa shape index (κ2) is 7.29. The summed E-state index contributed by atoms with van der Waals surface area (Å²) < 4.78 is 10.9. The maximum Gasteiger partial charge on any atom is 0.244 e. The summed E-state index contributed by atoms with van der Waals surface area (Å²) in [5.41, 5.74) is 0.664. The molecule has 2 saturated heterocycles. The van der Waals surface area contributed by atoms with Crippen LogP contribution < -0.4 is 5.23 Å². The number of nitrogens with zero attached hydrogens (tertiary/aromatic N) is 4. The fourth-order valence-corrected chi connectivity index (χ4v) is 3.75. The minimum absolute atomic E-state index is 0.0916. The summed E-state index contributed by atoms with van der Waals surface area (Å²) in [4.78, 5) is 6.71. The number of aliphatic hydroxyl groups excluding tert-OH is 1. The van der Waals surface area contributed by atoms with Crippen molar-refractivity contribution in [1.29, 1.82) is 0 Å². The molecule has 2 aliphatic rings. The first-order valence-electron chi connectivity index (χ1n) is 8.73. The van der Waals surface area contributed by atoms with Crippen molar-refractivity contribution < 1.29 is 19.6 Å². The molecule has 3 heterocycles. The highest BCUT2D eigenvalue weighted by Crippen LogP contribution is 2.36. The van der Waals surface area contributed by atoms with E-state index in [1.165, 1.54) is 12.1 Å². The molecule has 140 valence electrons. The van der Waals surface area contributed by atoms with Gasteiger partial charge in [-0.05, 0) is 31.4 Å². The van der Waals surface area contributed by atoms with E-state index in [1.807, 2.05) is 0 Å². The van der Waals surface area contributed by atoms with Crippen molar-refractivity contribution in [3.05, 3.63) is 35.4 Å². The van der Waals surface area contributed by atoms with Crippen LogP contribution in [0, 0.1) is 5.21 Å². The minimum atomic E-state index is -0.426. The van der Waals surface area contributed by atoms with Gasteiger partial charge in [-0.25, -0.2) is 0 Å². The van der Waals surface area contributed by atoms with Crippen LogP contribution in [0.25, 0.3) is 11.4 Å². The van der Waals surface area contributed by atoms with E-state index in [1.54, 1.807) is 12.1 Å². The van der Waals surface area contributed by atoms with Gasteiger partial charge in [0.1, 0.15) is 0 Å². The number of rotatable bonds is 4. The Morgan fingerprint density at radius 2 is 2.08 bits per heavy atom. The fraction of sp³-hybridized carbons (Fsp3) is 0.529. The van der Waals surface area contributed by atoms with E-state index in [9.17, 15) is 10.3 Å². The van der Waals surface area contributed by atoms with Gasteiger partial charge in [-0.3, -0.25) is 10.1 Å². The van der Waals surface area contributed by atoms with Crippen LogP contribution in [0.3, 0.4) is 0 Å². The first-order valence-corrected chi connectivity index (χ1v) is 8.73. The highest BCUT2D eigenvalue weighted by Gasteiger charge is 2.40. The minimum Gasteiger partial charge on any atom is -0.733 e. The summed E-state index contributed by atoms with van der Waals surface area (Å²) in [6.45, 7) is 2.02. The molecule has 2 aliphatic heterocycles. The van der Waals surface area contributed by atoms with Crippen molar-refractivity contribution in [3.8, 4) is 11.4 Å². The predicted molar refractivity (Wildman–Crippen MR) is 91.3 cm³/mol. The van der Waals surface area contributed by atoms with E-state index in [-0.39, 0.29) is 17.0 Å². The Morgan fingerprint density at radius 3 is 2.85 bits per heavy atom. The fourth-order valence-electron chi connectivity index (χ4n) is 3.75. The summed E-state index contributed by atoms with van der Waals surface area (Å²) in [5, 5.41) is 34.1. The van der Waals surface area contributed by atoms with Gasteiger partial charge < -0.3 is 24.8 Å². The van der Waals surface area contributed by atoms with E-state index >= 15 is 0 Å². The molecule has 26 heavy (non-hydrogen) atoms. The number of hydrogen-bond donors (Lipinski definition) is 2. The van der Waals surface area contributed by atoms with Crippen molar-refractivity contribution in [2.24, 2.45) is 0 Å². The third-order valence-corrected chi connectivity index (χ3v) is 5.03. The Balaban J connectivity index is 1.57. The molecule has 4 rings (SSSR count). The molecule has 2 N–H and O–H groups in total. The van der Waals surface area contributed by atoms with Crippen LogP contribution in [0.1, 0.15) is 31.2 Å². The second-order valence-electron chi connectivity index (χ2n) is 6.73. The average molecular weight is 361 g/mol. The zero-order chi connectivity index (χ0) is 18.1. The third kappa shape index (κ3) is 3.44. The topological polar surface area (TPSA) is 118 Å². The van der Waals surface area contributed by atoms with Crippen LogP contribution in [0.5, 0.6) is 0 Å². The van der Waals surface area contributed by atoms with Crippen LogP contribution in [0.2, 0.25) is 0 Å². The molecule has 0 radical (unpaired) electrons. The van der Waals surface area contributed by atoms with Crippen molar-refractivity contribution in [2.45, 2.75) is 37.5 Å². The lowest BCUT2D eigenvalue weighted by Gasteiger charge is -2.33. The summed E-state index contributed by atoms with van der Waals surface area (Å²) in [6, 6.07) is 6.54. The van der Waals surface area contributed by atoms with Crippen LogP contribution >= 0.6 is 0 Å². The number of aromatic nitrogens is 2. The summed E-state index contributed by atoms with van der Waals surface area (Å²) >= 11 is 0. The highest BCUT2D eigenvalue weighted by molar-refractivity contribution is 5.62. The molecule has 2 aromatic rings. The second-order valence-corrected chi connectivity index (χ2v) is 6.73. The molecular weight excluding hydrogens is 340 g/mol. The predicted octanol–water partition coefficient (Wildman–Crippen LogP) is 1.72. The maximum atomic E-state index is 11.1. The largest absolute Gasteiger partial charge is 0.733 e. The number of β-amino-alcohol motifs (C(OH)–C–C–N with tert-alkyl or cyclic N) is 1. The smallest absolute Gasteiger partial charge is 0.244 e.